The second kappa shape index (κ2) is 5.64. The zero-order valence-corrected chi connectivity index (χ0v) is 12.9. The van der Waals surface area contributed by atoms with Crippen LogP contribution in [0, 0.1) is 0 Å². The molecule has 3 aromatic rings. The minimum atomic E-state index is -0.322. The van der Waals surface area contributed by atoms with Crippen molar-refractivity contribution in [3.8, 4) is 11.1 Å². The number of pyridine rings is 1. The molecular formula is C18H18N2O2. The minimum Gasteiger partial charge on any atom is -0.465 e. The lowest BCUT2D eigenvalue weighted by Gasteiger charge is -2.12. The number of hydrogen-bond acceptors (Lipinski definition) is 3. The van der Waals surface area contributed by atoms with E-state index >= 15 is 0 Å². The molecule has 0 fully saturated rings. The number of carbonyl (C=O) groups excluding carboxylic acids is 1. The number of hydrogen-bond donors (Lipinski definition) is 0. The van der Waals surface area contributed by atoms with Gasteiger partial charge in [0.05, 0.1) is 12.7 Å². The van der Waals surface area contributed by atoms with Crippen molar-refractivity contribution in [2.24, 2.45) is 0 Å². The molecule has 0 N–H and O–H groups in total. The summed E-state index contributed by atoms with van der Waals surface area (Å²) in [6, 6.07) is 10.1. The highest BCUT2D eigenvalue weighted by atomic mass is 16.5. The van der Waals surface area contributed by atoms with E-state index in [1.807, 2.05) is 30.5 Å². The first kappa shape index (κ1) is 14.3. The van der Waals surface area contributed by atoms with Gasteiger partial charge in [-0.2, -0.15) is 0 Å². The summed E-state index contributed by atoms with van der Waals surface area (Å²) in [5.41, 5.74) is 3.54. The van der Waals surface area contributed by atoms with Crippen molar-refractivity contribution in [3.05, 3.63) is 54.5 Å². The fourth-order valence-electron chi connectivity index (χ4n) is 2.69. The molecule has 0 radical (unpaired) electrons. The molecule has 0 unspecified atom stereocenters. The number of methoxy groups -OCH3 is 1. The van der Waals surface area contributed by atoms with Gasteiger partial charge in [-0.15, -0.1) is 0 Å². The summed E-state index contributed by atoms with van der Waals surface area (Å²) in [5, 5.41) is 0.910. The SMILES string of the molecule is COC(=O)c1cc(-c2cccnc2)cc2c1ccn2C(C)C. The average Bonchev–Trinajstić information content (AvgIpc) is 2.98. The fraction of sp³-hybridized carbons (Fsp3) is 0.222. The molecule has 0 bridgehead atoms. The zero-order valence-electron chi connectivity index (χ0n) is 12.9. The van der Waals surface area contributed by atoms with E-state index in [2.05, 4.69) is 29.5 Å². The third-order valence-electron chi connectivity index (χ3n) is 3.79. The van der Waals surface area contributed by atoms with E-state index in [4.69, 9.17) is 4.74 Å². The zero-order chi connectivity index (χ0) is 15.7. The van der Waals surface area contributed by atoms with Crippen molar-refractivity contribution in [2.45, 2.75) is 19.9 Å². The number of benzene rings is 1. The fourth-order valence-corrected chi connectivity index (χ4v) is 2.69. The van der Waals surface area contributed by atoms with Gasteiger partial charge in [-0.05, 0) is 43.7 Å². The topological polar surface area (TPSA) is 44.1 Å². The predicted octanol–water partition coefficient (Wildman–Crippen LogP) is 4.07. The maximum atomic E-state index is 12.1. The highest BCUT2D eigenvalue weighted by molar-refractivity contribution is 6.05. The first-order valence-electron chi connectivity index (χ1n) is 7.25. The highest BCUT2D eigenvalue weighted by Crippen LogP contribution is 2.30. The Morgan fingerprint density at radius 2 is 2.05 bits per heavy atom. The number of nitrogens with zero attached hydrogens (tertiary/aromatic N) is 2. The lowest BCUT2D eigenvalue weighted by molar-refractivity contribution is 0.0603. The molecule has 2 aromatic heterocycles. The number of esters is 1. The van der Waals surface area contributed by atoms with Gasteiger partial charge in [-0.25, -0.2) is 4.79 Å². The Morgan fingerprint density at radius 3 is 2.68 bits per heavy atom. The Balaban J connectivity index is 2.30. The van der Waals surface area contributed by atoms with Crippen LogP contribution < -0.4 is 0 Å². The Kier molecular flexibility index (Phi) is 3.67. The van der Waals surface area contributed by atoms with Gasteiger partial charge >= 0.3 is 5.97 Å². The lowest BCUT2D eigenvalue weighted by Crippen LogP contribution is -2.04. The molecule has 0 amide bonds. The summed E-state index contributed by atoms with van der Waals surface area (Å²) in [4.78, 5) is 16.3. The quantitative estimate of drug-likeness (QED) is 0.684. The summed E-state index contributed by atoms with van der Waals surface area (Å²) in [7, 11) is 1.41. The lowest BCUT2D eigenvalue weighted by atomic mass is 10.0. The first-order valence-corrected chi connectivity index (χ1v) is 7.25. The molecule has 0 aliphatic rings. The smallest absolute Gasteiger partial charge is 0.338 e. The van der Waals surface area contributed by atoms with E-state index < -0.39 is 0 Å². The summed E-state index contributed by atoms with van der Waals surface area (Å²) < 4.78 is 7.10. The van der Waals surface area contributed by atoms with Crippen LogP contribution in [0.15, 0.2) is 48.9 Å². The molecule has 0 spiro atoms. The molecule has 0 saturated heterocycles. The van der Waals surface area contributed by atoms with E-state index in [9.17, 15) is 4.79 Å². The molecule has 4 heteroatoms. The number of ether oxygens (including phenoxy) is 1. The van der Waals surface area contributed by atoms with Crippen LogP contribution in [0.3, 0.4) is 0 Å². The van der Waals surface area contributed by atoms with Crippen molar-refractivity contribution in [2.75, 3.05) is 7.11 Å². The molecule has 22 heavy (non-hydrogen) atoms. The van der Waals surface area contributed by atoms with E-state index in [1.54, 1.807) is 12.4 Å². The molecule has 4 nitrogen and oxygen atoms in total. The van der Waals surface area contributed by atoms with Crippen LogP contribution in [0.25, 0.3) is 22.0 Å². The monoisotopic (exact) mass is 294 g/mol. The molecule has 0 aliphatic heterocycles. The van der Waals surface area contributed by atoms with Crippen molar-refractivity contribution in [3.63, 3.8) is 0 Å². The Morgan fingerprint density at radius 1 is 1.23 bits per heavy atom. The number of fused-ring (bicyclic) bond motifs is 1. The van der Waals surface area contributed by atoms with Gasteiger partial charge in [0.2, 0.25) is 0 Å². The second-order valence-corrected chi connectivity index (χ2v) is 5.51. The number of rotatable bonds is 3. The summed E-state index contributed by atoms with van der Waals surface area (Å²) in [5.74, 6) is -0.322. The molecule has 112 valence electrons. The maximum Gasteiger partial charge on any atom is 0.338 e. The average molecular weight is 294 g/mol. The second-order valence-electron chi connectivity index (χ2n) is 5.51. The van der Waals surface area contributed by atoms with E-state index in [1.165, 1.54) is 7.11 Å². The van der Waals surface area contributed by atoms with Gasteiger partial charge in [0.15, 0.2) is 0 Å². The molecule has 0 atom stereocenters. The van der Waals surface area contributed by atoms with Gasteiger partial charge in [0.1, 0.15) is 0 Å². The van der Waals surface area contributed by atoms with Crippen molar-refractivity contribution < 1.29 is 9.53 Å². The van der Waals surface area contributed by atoms with Crippen LogP contribution in [0.2, 0.25) is 0 Å². The summed E-state index contributed by atoms with van der Waals surface area (Å²) in [6.45, 7) is 4.24. The van der Waals surface area contributed by atoms with E-state index in [0.29, 0.717) is 11.6 Å². The summed E-state index contributed by atoms with van der Waals surface area (Å²) in [6.07, 6.45) is 5.54. The van der Waals surface area contributed by atoms with Crippen molar-refractivity contribution >= 4 is 16.9 Å². The summed E-state index contributed by atoms with van der Waals surface area (Å²) >= 11 is 0. The number of carbonyl (C=O) groups is 1. The van der Waals surface area contributed by atoms with Gasteiger partial charge in [0, 0.05) is 41.1 Å². The molecule has 0 aliphatic carbocycles. The van der Waals surface area contributed by atoms with Crippen molar-refractivity contribution in [1.29, 1.82) is 0 Å². The van der Waals surface area contributed by atoms with Gasteiger partial charge in [-0.3, -0.25) is 4.98 Å². The third-order valence-corrected chi connectivity index (χ3v) is 3.79. The van der Waals surface area contributed by atoms with E-state index in [-0.39, 0.29) is 5.97 Å². The molecular weight excluding hydrogens is 276 g/mol. The van der Waals surface area contributed by atoms with Crippen LogP contribution >= 0.6 is 0 Å². The van der Waals surface area contributed by atoms with Crippen LogP contribution in [-0.4, -0.2) is 22.6 Å². The predicted molar refractivity (Wildman–Crippen MR) is 86.9 cm³/mol. The Hall–Kier alpha value is -2.62. The van der Waals surface area contributed by atoms with Gasteiger partial charge < -0.3 is 9.30 Å². The maximum absolute atomic E-state index is 12.1. The first-order chi connectivity index (χ1) is 10.6. The van der Waals surface area contributed by atoms with Crippen LogP contribution in [0.1, 0.15) is 30.2 Å². The minimum absolute atomic E-state index is 0.312. The molecule has 1 aromatic carbocycles. The normalized spacial score (nSPS) is 11.1. The number of aromatic nitrogens is 2. The van der Waals surface area contributed by atoms with Crippen LogP contribution in [0.4, 0.5) is 0 Å². The van der Waals surface area contributed by atoms with Crippen LogP contribution in [-0.2, 0) is 4.74 Å². The van der Waals surface area contributed by atoms with Gasteiger partial charge in [-0.1, -0.05) is 6.07 Å². The van der Waals surface area contributed by atoms with Crippen molar-refractivity contribution in [1.82, 2.24) is 9.55 Å². The van der Waals surface area contributed by atoms with E-state index in [0.717, 1.165) is 22.0 Å². The standard InChI is InChI=1S/C18H18N2O2/c1-12(2)20-8-6-15-16(18(21)22-3)9-14(10-17(15)20)13-5-4-7-19-11-13/h4-12H,1-3H3. The third kappa shape index (κ3) is 2.37. The Bertz CT molecular complexity index is 820. The molecule has 2 heterocycles. The molecule has 0 saturated carbocycles. The highest BCUT2D eigenvalue weighted by Gasteiger charge is 2.16. The van der Waals surface area contributed by atoms with Gasteiger partial charge in [0.25, 0.3) is 0 Å². The Labute approximate surface area is 129 Å². The van der Waals surface area contributed by atoms with Crippen LogP contribution in [0.5, 0.6) is 0 Å². The molecule has 3 rings (SSSR count). The largest absolute Gasteiger partial charge is 0.465 e.